The van der Waals surface area contributed by atoms with Crippen molar-refractivity contribution >= 4 is 66.7 Å². The van der Waals surface area contributed by atoms with E-state index in [0.29, 0.717) is 27.8 Å². The highest BCUT2D eigenvalue weighted by molar-refractivity contribution is 9.10. The van der Waals surface area contributed by atoms with Gasteiger partial charge >= 0.3 is 0 Å². The lowest BCUT2D eigenvalue weighted by atomic mass is 10.0. The fourth-order valence-electron chi connectivity index (χ4n) is 4.10. The van der Waals surface area contributed by atoms with Crippen molar-refractivity contribution in [1.82, 2.24) is 10.2 Å². The molecule has 0 spiro atoms. The van der Waals surface area contributed by atoms with Gasteiger partial charge in [-0.15, -0.1) is 0 Å². The molecule has 0 radical (unpaired) electrons. The third-order valence-electron chi connectivity index (χ3n) is 6.12. The van der Waals surface area contributed by atoms with Gasteiger partial charge in [0.25, 0.3) is 0 Å². The Labute approximate surface area is 248 Å². The van der Waals surface area contributed by atoms with Gasteiger partial charge in [-0.25, -0.2) is 8.42 Å². The molecule has 1 N–H and O–H groups in total. The SMILES string of the molecule is CCNC(=O)[C@@H](Cc1ccccc1)N(Cc1c(Cl)cccc1Cl)C(=O)CN(c1ccc(Br)c(C)c1)S(C)(=O)=O. The summed E-state index contributed by atoms with van der Waals surface area (Å²) in [7, 11) is -3.86. The number of hydrogen-bond acceptors (Lipinski definition) is 4. The van der Waals surface area contributed by atoms with E-state index in [4.69, 9.17) is 23.2 Å². The molecule has 1 atom stereocenters. The fourth-order valence-corrected chi connectivity index (χ4v) is 5.70. The first kappa shape index (κ1) is 30.9. The van der Waals surface area contributed by atoms with E-state index in [1.54, 1.807) is 43.3 Å². The van der Waals surface area contributed by atoms with Crippen molar-refractivity contribution in [3.8, 4) is 0 Å². The lowest BCUT2D eigenvalue weighted by Crippen LogP contribution is -2.53. The monoisotopic (exact) mass is 653 g/mol. The first-order chi connectivity index (χ1) is 18.4. The second-order valence-corrected chi connectivity index (χ2v) is 12.6. The van der Waals surface area contributed by atoms with Crippen LogP contribution in [0.5, 0.6) is 0 Å². The van der Waals surface area contributed by atoms with Crippen molar-refractivity contribution in [3.05, 3.63) is 97.9 Å². The number of amides is 2. The summed E-state index contributed by atoms with van der Waals surface area (Å²) >= 11 is 16.3. The van der Waals surface area contributed by atoms with Crippen LogP contribution in [0.4, 0.5) is 5.69 Å². The standard InChI is InChI=1S/C28H30BrCl2N3O4S/c1-4-32-28(36)26(16-20-9-6-5-7-10-20)33(17-22-24(30)11-8-12-25(22)31)27(35)18-34(39(3,37)38)21-13-14-23(29)19(2)15-21/h5-15,26H,4,16-18H2,1-3H3,(H,32,36)/t26-/m1/s1. The molecule has 11 heteroatoms. The molecule has 3 rings (SSSR count). The first-order valence-corrected chi connectivity index (χ1v) is 15.6. The summed E-state index contributed by atoms with van der Waals surface area (Å²) < 4.78 is 27.6. The lowest BCUT2D eigenvalue weighted by Gasteiger charge is -2.34. The van der Waals surface area contributed by atoms with Crippen molar-refractivity contribution in [2.75, 3.05) is 23.7 Å². The topological polar surface area (TPSA) is 86.8 Å². The van der Waals surface area contributed by atoms with Crippen molar-refractivity contribution in [2.45, 2.75) is 32.9 Å². The van der Waals surface area contributed by atoms with Crippen molar-refractivity contribution in [2.24, 2.45) is 0 Å². The highest BCUT2D eigenvalue weighted by Crippen LogP contribution is 2.29. The number of halogens is 3. The minimum atomic E-state index is -3.86. The Balaban J connectivity index is 2.09. The maximum absolute atomic E-state index is 14.0. The van der Waals surface area contributed by atoms with Crippen molar-refractivity contribution < 1.29 is 18.0 Å². The molecule has 3 aromatic rings. The number of likely N-dealkylation sites (N-methyl/N-ethyl adjacent to an activating group) is 1. The molecular formula is C28H30BrCl2N3O4S. The number of rotatable bonds is 11. The van der Waals surface area contributed by atoms with E-state index in [9.17, 15) is 18.0 Å². The molecule has 0 bridgehead atoms. The minimum Gasteiger partial charge on any atom is -0.355 e. The molecule has 0 aliphatic heterocycles. The lowest BCUT2D eigenvalue weighted by molar-refractivity contribution is -0.140. The van der Waals surface area contributed by atoms with Gasteiger partial charge < -0.3 is 10.2 Å². The number of aryl methyl sites for hydroxylation is 1. The largest absolute Gasteiger partial charge is 0.355 e. The Morgan fingerprint density at radius 2 is 1.64 bits per heavy atom. The molecule has 208 valence electrons. The van der Waals surface area contributed by atoms with Gasteiger partial charge in [0.1, 0.15) is 12.6 Å². The summed E-state index contributed by atoms with van der Waals surface area (Å²) in [5.74, 6) is -0.951. The van der Waals surface area contributed by atoms with Gasteiger partial charge in [-0.2, -0.15) is 0 Å². The molecular weight excluding hydrogens is 625 g/mol. The van der Waals surface area contributed by atoms with Crippen LogP contribution in [-0.4, -0.2) is 50.5 Å². The summed E-state index contributed by atoms with van der Waals surface area (Å²) in [6.07, 6.45) is 1.24. The minimum absolute atomic E-state index is 0.0943. The number of nitrogens with zero attached hydrogens (tertiary/aromatic N) is 2. The predicted molar refractivity (Wildman–Crippen MR) is 161 cm³/mol. The Morgan fingerprint density at radius 1 is 1.00 bits per heavy atom. The van der Waals surface area contributed by atoms with Gasteiger partial charge in [0.2, 0.25) is 21.8 Å². The van der Waals surface area contributed by atoms with Crippen LogP contribution in [0.15, 0.2) is 71.2 Å². The average molecular weight is 655 g/mol. The molecule has 2 amide bonds. The Kier molecular flexibility index (Phi) is 10.8. The number of benzene rings is 3. The molecule has 7 nitrogen and oxygen atoms in total. The molecule has 0 saturated carbocycles. The number of carbonyl (C=O) groups excluding carboxylic acids is 2. The van der Waals surface area contributed by atoms with Crippen LogP contribution >= 0.6 is 39.1 Å². The number of anilines is 1. The van der Waals surface area contributed by atoms with Crippen molar-refractivity contribution in [3.63, 3.8) is 0 Å². The van der Waals surface area contributed by atoms with E-state index < -0.39 is 28.5 Å². The molecule has 39 heavy (non-hydrogen) atoms. The normalized spacial score (nSPS) is 12.1. The number of nitrogens with one attached hydrogen (secondary N) is 1. The maximum Gasteiger partial charge on any atom is 0.244 e. The van der Waals surface area contributed by atoms with Gasteiger partial charge in [-0.3, -0.25) is 13.9 Å². The van der Waals surface area contributed by atoms with Gasteiger partial charge in [0.15, 0.2) is 0 Å². The highest BCUT2D eigenvalue weighted by atomic mass is 79.9. The van der Waals surface area contributed by atoms with Crippen LogP contribution in [0.25, 0.3) is 0 Å². The number of sulfonamides is 1. The molecule has 0 unspecified atom stereocenters. The van der Waals surface area contributed by atoms with Gasteiger partial charge in [0.05, 0.1) is 11.9 Å². The van der Waals surface area contributed by atoms with Crippen LogP contribution in [0.1, 0.15) is 23.6 Å². The summed E-state index contributed by atoms with van der Waals surface area (Å²) in [6.45, 7) is 3.35. The zero-order valence-electron chi connectivity index (χ0n) is 21.8. The third kappa shape index (κ3) is 8.20. The van der Waals surface area contributed by atoms with E-state index in [2.05, 4.69) is 21.2 Å². The third-order valence-corrected chi connectivity index (χ3v) is 8.86. The van der Waals surface area contributed by atoms with Crippen LogP contribution in [0, 0.1) is 6.92 Å². The Morgan fingerprint density at radius 3 is 2.21 bits per heavy atom. The Hall–Kier alpha value is -2.59. The quantitative estimate of drug-likeness (QED) is 0.291. The highest BCUT2D eigenvalue weighted by Gasteiger charge is 2.33. The van der Waals surface area contributed by atoms with Crippen LogP contribution in [0.2, 0.25) is 10.0 Å². The second-order valence-electron chi connectivity index (χ2n) is 9.03. The average Bonchev–Trinajstić information content (AvgIpc) is 2.88. The molecule has 0 aromatic heterocycles. The zero-order valence-corrected chi connectivity index (χ0v) is 25.7. The number of carbonyl (C=O) groups is 2. The van der Waals surface area contributed by atoms with Crippen LogP contribution in [-0.2, 0) is 32.6 Å². The van der Waals surface area contributed by atoms with E-state index in [0.717, 1.165) is 26.2 Å². The second kappa shape index (κ2) is 13.7. The molecule has 3 aromatic carbocycles. The van der Waals surface area contributed by atoms with Crippen LogP contribution < -0.4 is 9.62 Å². The zero-order chi connectivity index (χ0) is 28.7. The molecule has 0 fully saturated rings. The summed E-state index contributed by atoms with van der Waals surface area (Å²) in [5.41, 5.74) is 2.43. The molecule has 0 heterocycles. The predicted octanol–water partition coefficient (Wildman–Crippen LogP) is 5.61. The van der Waals surface area contributed by atoms with E-state index >= 15 is 0 Å². The van der Waals surface area contributed by atoms with Gasteiger partial charge in [-0.05, 0) is 55.3 Å². The van der Waals surface area contributed by atoms with Gasteiger partial charge in [0, 0.05) is 39.6 Å². The van der Waals surface area contributed by atoms with Crippen molar-refractivity contribution in [1.29, 1.82) is 0 Å². The maximum atomic E-state index is 14.0. The summed E-state index contributed by atoms with van der Waals surface area (Å²) in [4.78, 5) is 28.8. The smallest absolute Gasteiger partial charge is 0.244 e. The molecule has 0 aliphatic carbocycles. The summed E-state index contributed by atoms with van der Waals surface area (Å²) in [5, 5.41) is 3.47. The van der Waals surface area contributed by atoms with E-state index in [1.165, 1.54) is 4.90 Å². The van der Waals surface area contributed by atoms with E-state index in [-0.39, 0.29) is 18.9 Å². The number of hydrogen-bond donors (Lipinski definition) is 1. The fraction of sp³-hybridized carbons (Fsp3) is 0.286. The first-order valence-electron chi connectivity index (χ1n) is 12.2. The van der Waals surface area contributed by atoms with Crippen LogP contribution in [0.3, 0.4) is 0 Å². The van der Waals surface area contributed by atoms with Gasteiger partial charge in [-0.1, -0.05) is 75.5 Å². The molecule has 0 saturated heterocycles. The Bertz CT molecular complexity index is 1420. The summed E-state index contributed by atoms with van der Waals surface area (Å²) in [6, 6.07) is 18.3. The molecule has 0 aliphatic rings. The van der Waals surface area contributed by atoms with E-state index in [1.807, 2.05) is 37.3 Å².